The molecular formula is C6H8O2. The topological polar surface area (TPSA) is 26.3 Å². The molecule has 2 heteroatoms. The lowest BCUT2D eigenvalue weighted by molar-refractivity contribution is -0.135. The highest BCUT2D eigenvalue weighted by atomic mass is 16.5. The van der Waals surface area contributed by atoms with Crippen molar-refractivity contribution in [3.05, 3.63) is 24.8 Å². The molecule has 0 radical (unpaired) electrons. The number of hydrogen-bond donors (Lipinski definition) is 0. The van der Waals surface area contributed by atoms with Gasteiger partial charge in [-0.1, -0.05) is 19.2 Å². The van der Waals surface area contributed by atoms with Gasteiger partial charge in [-0.25, -0.2) is 4.79 Å². The van der Waals surface area contributed by atoms with Crippen LogP contribution in [0, 0.1) is 0 Å². The van der Waals surface area contributed by atoms with Crippen molar-refractivity contribution in [2.45, 2.75) is 0 Å². The van der Waals surface area contributed by atoms with E-state index in [4.69, 9.17) is 0 Å². The van der Waals surface area contributed by atoms with E-state index in [1.54, 1.807) is 0 Å². The van der Waals surface area contributed by atoms with Crippen molar-refractivity contribution in [2.75, 3.05) is 7.11 Å². The van der Waals surface area contributed by atoms with Gasteiger partial charge in [-0.3, -0.25) is 0 Å². The lowest BCUT2D eigenvalue weighted by Gasteiger charge is -1.92. The Hall–Kier alpha value is -1.05. The normalized spacial score (nSPS) is 7.62. The second-order valence-corrected chi connectivity index (χ2v) is 1.22. The van der Waals surface area contributed by atoms with Crippen LogP contribution in [0.15, 0.2) is 24.8 Å². The predicted octanol–water partition coefficient (Wildman–Crippen LogP) is 0.902. The Morgan fingerprint density at radius 1 is 1.75 bits per heavy atom. The van der Waals surface area contributed by atoms with E-state index in [9.17, 15) is 4.79 Å². The smallest absolute Gasteiger partial charge is 0.337 e. The summed E-state index contributed by atoms with van der Waals surface area (Å²) >= 11 is 0. The first-order valence-corrected chi connectivity index (χ1v) is 2.12. The zero-order chi connectivity index (χ0) is 6.57. The Balaban J connectivity index is 3.82. The van der Waals surface area contributed by atoms with Crippen molar-refractivity contribution in [1.29, 1.82) is 0 Å². The molecule has 0 amide bonds. The maximum atomic E-state index is 10.3. The minimum atomic E-state index is -0.431. The molecule has 0 aromatic carbocycles. The highest BCUT2D eigenvalue weighted by Gasteiger charge is 1.98. The number of ether oxygens (including phenoxy) is 1. The number of methoxy groups -OCH3 is 1. The van der Waals surface area contributed by atoms with Gasteiger partial charge < -0.3 is 4.74 Å². The Morgan fingerprint density at radius 3 is 2.38 bits per heavy atom. The molecule has 0 aliphatic carbocycles. The molecule has 0 aliphatic heterocycles. The van der Waals surface area contributed by atoms with E-state index in [1.165, 1.54) is 13.2 Å². The maximum Gasteiger partial charge on any atom is 0.337 e. The van der Waals surface area contributed by atoms with Gasteiger partial charge in [0.05, 0.1) is 12.7 Å². The van der Waals surface area contributed by atoms with Crippen molar-refractivity contribution in [2.24, 2.45) is 0 Å². The average Bonchev–Trinajstić information content (AvgIpc) is 1.84. The fraction of sp³-hybridized carbons (Fsp3) is 0.167. The quantitative estimate of drug-likeness (QED) is 0.301. The van der Waals surface area contributed by atoms with Crippen LogP contribution in [0.25, 0.3) is 0 Å². The summed E-state index contributed by atoms with van der Waals surface area (Å²) in [7, 11) is 1.30. The molecule has 2 nitrogen and oxygen atoms in total. The Morgan fingerprint density at radius 2 is 2.25 bits per heavy atom. The SMILES string of the molecule is C=CC(=C)C(=O)OC. The molecule has 0 saturated carbocycles. The molecule has 44 valence electrons. The van der Waals surface area contributed by atoms with Gasteiger partial charge in [0.1, 0.15) is 0 Å². The standard InChI is InChI=1S/C6H8O2/c1-4-5(2)6(7)8-3/h4H,1-2H2,3H3. The molecule has 0 aromatic heterocycles. The monoisotopic (exact) mass is 112 g/mol. The van der Waals surface area contributed by atoms with Crippen molar-refractivity contribution in [1.82, 2.24) is 0 Å². The van der Waals surface area contributed by atoms with Gasteiger partial charge >= 0.3 is 5.97 Å². The molecule has 0 rings (SSSR count). The summed E-state index contributed by atoms with van der Waals surface area (Å²) in [5.74, 6) is -0.431. The lowest BCUT2D eigenvalue weighted by Crippen LogP contribution is -1.99. The van der Waals surface area contributed by atoms with Gasteiger partial charge in [0, 0.05) is 0 Å². The summed E-state index contributed by atoms with van der Waals surface area (Å²) in [5.41, 5.74) is 0.285. The largest absolute Gasteiger partial charge is 0.465 e. The number of esters is 1. The van der Waals surface area contributed by atoms with Crippen LogP contribution in [0.3, 0.4) is 0 Å². The Bertz CT molecular complexity index is 124. The van der Waals surface area contributed by atoms with Crippen LogP contribution in [0.5, 0.6) is 0 Å². The second kappa shape index (κ2) is 3.02. The number of hydrogen-bond acceptors (Lipinski definition) is 2. The summed E-state index contributed by atoms with van der Waals surface area (Å²) in [6.45, 7) is 6.68. The zero-order valence-corrected chi connectivity index (χ0v) is 4.81. The first-order valence-electron chi connectivity index (χ1n) is 2.12. The van der Waals surface area contributed by atoms with Gasteiger partial charge in [0.2, 0.25) is 0 Å². The molecule has 0 heterocycles. The van der Waals surface area contributed by atoms with Crippen molar-refractivity contribution >= 4 is 5.97 Å². The van der Waals surface area contributed by atoms with Crippen molar-refractivity contribution in [3.63, 3.8) is 0 Å². The zero-order valence-electron chi connectivity index (χ0n) is 4.81. The van der Waals surface area contributed by atoms with E-state index in [0.29, 0.717) is 0 Å². The minimum absolute atomic E-state index is 0.285. The molecule has 8 heavy (non-hydrogen) atoms. The summed E-state index contributed by atoms with van der Waals surface area (Å²) in [6, 6.07) is 0. The average molecular weight is 112 g/mol. The van der Waals surface area contributed by atoms with Gasteiger partial charge in [-0.05, 0) is 0 Å². The van der Waals surface area contributed by atoms with E-state index >= 15 is 0 Å². The molecule has 0 aliphatic rings. The minimum Gasteiger partial charge on any atom is -0.465 e. The van der Waals surface area contributed by atoms with E-state index in [-0.39, 0.29) is 5.57 Å². The third-order valence-electron chi connectivity index (χ3n) is 0.694. The van der Waals surface area contributed by atoms with Crippen LogP contribution < -0.4 is 0 Å². The number of carbonyl (C=O) groups is 1. The van der Waals surface area contributed by atoms with Gasteiger partial charge in [-0.2, -0.15) is 0 Å². The van der Waals surface area contributed by atoms with Crippen LogP contribution in [-0.2, 0) is 9.53 Å². The Kier molecular flexibility index (Phi) is 2.62. The summed E-state index contributed by atoms with van der Waals surface area (Å²) in [6.07, 6.45) is 1.35. The fourth-order valence-corrected chi connectivity index (χ4v) is 0.214. The van der Waals surface area contributed by atoms with Gasteiger partial charge in [0.25, 0.3) is 0 Å². The summed E-state index contributed by atoms with van der Waals surface area (Å²) < 4.78 is 4.29. The molecule has 0 N–H and O–H groups in total. The maximum absolute atomic E-state index is 10.3. The van der Waals surface area contributed by atoms with E-state index in [0.717, 1.165) is 0 Å². The van der Waals surface area contributed by atoms with Crippen molar-refractivity contribution < 1.29 is 9.53 Å². The first kappa shape index (κ1) is 6.95. The number of rotatable bonds is 2. The molecule has 0 spiro atoms. The third kappa shape index (κ3) is 1.60. The van der Waals surface area contributed by atoms with E-state index in [2.05, 4.69) is 17.9 Å². The molecule has 0 atom stereocenters. The van der Waals surface area contributed by atoms with Crippen molar-refractivity contribution in [3.8, 4) is 0 Å². The van der Waals surface area contributed by atoms with Crippen LogP contribution in [0.2, 0.25) is 0 Å². The molecule has 0 aromatic rings. The molecule has 0 unspecified atom stereocenters. The molecule has 0 bridgehead atoms. The third-order valence-corrected chi connectivity index (χ3v) is 0.694. The number of carbonyl (C=O) groups excluding carboxylic acids is 1. The highest BCUT2D eigenvalue weighted by molar-refractivity contribution is 5.90. The lowest BCUT2D eigenvalue weighted by atomic mass is 10.3. The first-order chi connectivity index (χ1) is 3.72. The molecule has 0 fully saturated rings. The van der Waals surface area contributed by atoms with E-state index < -0.39 is 5.97 Å². The summed E-state index contributed by atoms with van der Waals surface area (Å²) in [4.78, 5) is 10.3. The molecular weight excluding hydrogens is 104 g/mol. The Labute approximate surface area is 48.5 Å². The van der Waals surface area contributed by atoms with Gasteiger partial charge in [-0.15, -0.1) is 0 Å². The molecule has 0 saturated heterocycles. The highest BCUT2D eigenvalue weighted by Crippen LogP contribution is 1.91. The fourth-order valence-electron chi connectivity index (χ4n) is 0.214. The summed E-state index contributed by atoms with van der Waals surface area (Å²) in [5, 5.41) is 0. The van der Waals surface area contributed by atoms with Crippen LogP contribution in [0.4, 0.5) is 0 Å². The van der Waals surface area contributed by atoms with E-state index in [1.807, 2.05) is 0 Å². The van der Waals surface area contributed by atoms with Gasteiger partial charge in [0.15, 0.2) is 0 Å². The van der Waals surface area contributed by atoms with Crippen LogP contribution in [-0.4, -0.2) is 13.1 Å². The van der Waals surface area contributed by atoms with Crippen LogP contribution in [0.1, 0.15) is 0 Å². The second-order valence-electron chi connectivity index (χ2n) is 1.22. The predicted molar refractivity (Wildman–Crippen MR) is 31.4 cm³/mol. The van der Waals surface area contributed by atoms with Crippen LogP contribution >= 0.6 is 0 Å².